The first-order chi connectivity index (χ1) is 21.1. The summed E-state index contributed by atoms with van der Waals surface area (Å²) in [5.41, 5.74) is 0.0712. The van der Waals surface area contributed by atoms with Gasteiger partial charge in [0.2, 0.25) is 5.78 Å². The van der Waals surface area contributed by atoms with Crippen LogP contribution < -0.4 is 9.47 Å². The zero-order valence-electron chi connectivity index (χ0n) is 24.1. The number of halogens is 2. The molecular weight excluding hydrogens is 607 g/mol. The van der Waals surface area contributed by atoms with Gasteiger partial charge in [-0.1, -0.05) is 85.6 Å². The summed E-state index contributed by atoms with van der Waals surface area (Å²) in [6, 6.07) is 17.4. The number of benzene rings is 4. The summed E-state index contributed by atoms with van der Waals surface area (Å²) in [6.45, 7) is 2.56. The van der Waals surface area contributed by atoms with Crippen molar-refractivity contribution in [2.24, 2.45) is 0 Å². The molecule has 1 aliphatic rings. The molecule has 0 spiro atoms. The van der Waals surface area contributed by atoms with E-state index < -0.39 is 36.5 Å². The molecule has 0 unspecified atom stereocenters. The van der Waals surface area contributed by atoms with E-state index in [0.717, 1.165) is 5.57 Å². The number of allylic oxidation sites excluding steroid dienone is 1. The fourth-order valence-electron chi connectivity index (χ4n) is 5.71. The normalized spacial score (nSPS) is 16.5. The number of carbonyl (C=O) groups excluding carboxylic acids is 1. The summed E-state index contributed by atoms with van der Waals surface area (Å²) in [5, 5.41) is 21.9. The predicted molar refractivity (Wildman–Crippen MR) is 169 cm³/mol. The maximum atomic E-state index is 14.6. The number of ether oxygens (including phenoxy) is 3. The maximum Gasteiger partial charge on any atom is 0.341 e. The number of carbonyl (C=O) groups is 3. The number of Topliss-reactive ketones (excluding diaryl/α,β-unsaturated/α-hetero) is 1. The maximum absolute atomic E-state index is 14.6. The van der Waals surface area contributed by atoms with E-state index >= 15 is 0 Å². The van der Waals surface area contributed by atoms with Crippen molar-refractivity contribution in [3.63, 3.8) is 0 Å². The highest BCUT2D eigenvalue weighted by atomic mass is 35.5. The summed E-state index contributed by atoms with van der Waals surface area (Å²) in [7, 11) is 0. The van der Waals surface area contributed by atoms with Crippen LogP contribution in [0.4, 0.5) is 0 Å². The largest absolute Gasteiger partial charge is 0.480 e. The Labute approximate surface area is 263 Å². The van der Waals surface area contributed by atoms with Crippen molar-refractivity contribution < 1.29 is 38.8 Å². The average molecular weight is 638 g/mol. The van der Waals surface area contributed by atoms with Gasteiger partial charge < -0.3 is 24.4 Å². The second-order valence-corrected chi connectivity index (χ2v) is 11.3. The molecule has 10 heteroatoms. The number of carboxylic acids is 2. The Morgan fingerprint density at radius 3 is 1.89 bits per heavy atom. The summed E-state index contributed by atoms with van der Waals surface area (Å²) in [4.78, 5) is 37.6. The molecule has 0 aromatic heterocycles. The van der Waals surface area contributed by atoms with Gasteiger partial charge in [0, 0.05) is 31.6 Å². The number of hydrogen-bond acceptors (Lipinski definition) is 6. The molecule has 0 radical (unpaired) electrons. The van der Waals surface area contributed by atoms with Gasteiger partial charge >= 0.3 is 11.9 Å². The van der Waals surface area contributed by atoms with Crippen LogP contribution in [0.25, 0.3) is 27.3 Å². The van der Waals surface area contributed by atoms with Crippen molar-refractivity contribution in [1.29, 1.82) is 0 Å². The molecule has 0 amide bonds. The Hall–Kier alpha value is -4.27. The van der Waals surface area contributed by atoms with Crippen LogP contribution in [0.3, 0.4) is 0 Å². The fraction of sp³-hybridized carbons (Fsp3) is 0.265. The van der Waals surface area contributed by atoms with Crippen molar-refractivity contribution in [1.82, 2.24) is 0 Å². The smallest absolute Gasteiger partial charge is 0.341 e. The molecule has 8 nitrogen and oxygen atoms in total. The van der Waals surface area contributed by atoms with Crippen LogP contribution in [0.2, 0.25) is 10.0 Å². The monoisotopic (exact) mass is 636 g/mol. The van der Waals surface area contributed by atoms with Gasteiger partial charge in [0.05, 0.1) is 11.1 Å². The van der Waals surface area contributed by atoms with Crippen LogP contribution in [0.15, 0.2) is 66.2 Å². The lowest BCUT2D eigenvalue weighted by atomic mass is 9.80. The van der Waals surface area contributed by atoms with Crippen LogP contribution in [0, 0.1) is 0 Å². The Morgan fingerprint density at radius 2 is 1.34 bits per heavy atom. The zero-order chi connectivity index (χ0) is 31.6. The summed E-state index contributed by atoms with van der Waals surface area (Å²) in [5.74, 6) is -1.97. The number of rotatable bonds is 11. The molecule has 0 saturated heterocycles. The number of aliphatic carboxylic acids is 2. The lowest BCUT2D eigenvalue weighted by molar-refractivity contribution is -0.140. The van der Waals surface area contributed by atoms with Gasteiger partial charge in [-0.05, 0) is 43.4 Å². The zero-order valence-corrected chi connectivity index (χ0v) is 25.6. The van der Waals surface area contributed by atoms with Gasteiger partial charge in [0.25, 0.3) is 0 Å². The van der Waals surface area contributed by atoms with Crippen molar-refractivity contribution in [3.05, 3.63) is 87.4 Å². The fourth-order valence-corrected chi connectivity index (χ4v) is 6.26. The second-order valence-electron chi connectivity index (χ2n) is 10.5. The van der Waals surface area contributed by atoms with E-state index in [1.165, 1.54) is 6.07 Å². The highest BCUT2D eigenvalue weighted by Crippen LogP contribution is 2.48. The third-order valence-electron chi connectivity index (χ3n) is 7.92. The van der Waals surface area contributed by atoms with Crippen molar-refractivity contribution in [3.8, 4) is 11.5 Å². The number of hydrogen-bond donors (Lipinski definition) is 2. The predicted octanol–water partition coefficient (Wildman–Crippen LogP) is 8.19. The summed E-state index contributed by atoms with van der Waals surface area (Å²) >= 11 is 13.4. The van der Waals surface area contributed by atoms with E-state index in [4.69, 9.17) is 37.4 Å². The number of fused-ring (bicyclic) bond motifs is 2. The van der Waals surface area contributed by atoms with E-state index in [1.807, 2.05) is 26.0 Å². The minimum absolute atomic E-state index is 0.106. The van der Waals surface area contributed by atoms with Crippen LogP contribution in [0.5, 0.6) is 11.5 Å². The number of carboxylic acid groups (broad SMARTS) is 2. The lowest BCUT2D eigenvalue weighted by Gasteiger charge is -2.39. The first-order valence-corrected chi connectivity index (χ1v) is 14.9. The highest BCUT2D eigenvalue weighted by Gasteiger charge is 2.45. The van der Waals surface area contributed by atoms with Gasteiger partial charge in [-0.3, -0.25) is 4.79 Å². The molecule has 0 saturated carbocycles. The lowest BCUT2D eigenvalue weighted by Crippen LogP contribution is -2.43. The SMILES string of the molecule is CCC1=C(c2cc(Cl)c3ccccc3c2OCC(=O)O)O[C@](CC)(C(=O)c2cc(Cl)c3ccccc3c2OCC(=O)O)CC1. The van der Waals surface area contributed by atoms with E-state index in [9.17, 15) is 24.6 Å². The molecule has 1 atom stereocenters. The Bertz CT molecular complexity index is 1830. The van der Waals surface area contributed by atoms with Gasteiger partial charge in [0.15, 0.2) is 18.8 Å². The molecule has 4 aromatic carbocycles. The van der Waals surface area contributed by atoms with E-state index in [2.05, 4.69) is 0 Å². The van der Waals surface area contributed by atoms with Gasteiger partial charge in [0.1, 0.15) is 17.3 Å². The third kappa shape index (κ3) is 5.79. The molecular formula is C34H30Cl2O8. The molecule has 5 rings (SSSR count). The summed E-state index contributed by atoms with van der Waals surface area (Å²) in [6.07, 6.45) is 1.70. The minimum Gasteiger partial charge on any atom is -0.480 e. The van der Waals surface area contributed by atoms with Gasteiger partial charge in [-0.15, -0.1) is 0 Å². The molecule has 1 aliphatic heterocycles. The first kappa shape index (κ1) is 31.2. The first-order valence-electron chi connectivity index (χ1n) is 14.2. The third-order valence-corrected chi connectivity index (χ3v) is 8.54. The molecule has 0 bridgehead atoms. The molecule has 44 heavy (non-hydrogen) atoms. The van der Waals surface area contributed by atoms with E-state index in [0.29, 0.717) is 62.2 Å². The molecule has 4 aromatic rings. The quantitative estimate of drug-likeness (QED) is 0.158. The number of ketones is 1. The molecule has 2 N–H and O–H groups in total. The molecule has 0 fully saturated rings. The summed E-state index contributed by atoms with van der Waals surface area (Å²) < 4.78 is 18.3. The van der Waals surface area contributed by atoms with Crippen molar-refractivity contribution in [2.75, 3.05) is 13.2 Å². The van der Waals surface area contributed by atoms with Crippen molar-refractivity contribution in [2.45, 2.75) is 45.1 Å². The molecule has 228 valence electrons. The molecule has 0 aliphatic carbocycles. The van der Waals surface area contributed by atoms with Crippen LogP contribution >= 0.6 is 23.2 Å². The highest BCUT2D eigenvalue weighted by molar-refractivity contribution is 6.37. The van der Waals surface area contributed by atoms with Gasteiger partial charge in [-0.25, -0.2) is 9.59 Å². The molecule has 1 heterocycles. The van der Waals surface area contributed by atoms with E-state index in [-0.39, 0.29) is 23.5 Å². The van der Waals surface area contributed by atoms with Crippen LogP contribution in [-0.4, -0.2) is 46.7 Å². The average Bonchev–Trinajstić information content (AvgIpc) is 3.03. The minimum atomic E-state index is -1.39. The van der Waals surface area contributed by atoms with Gasteiger partial charge in [-0.2, -0.15) is 0 Å². The Morgan fingerprint density at radius 1 is 0.818 bits per heavy atom. The van der Waals surface area contributed by atoms with E-state index in [1.54, 1.807) is 42.5 Å². The standard InChI is InChI=1S/C34H30Cl2O8/c1-3-19-13-14-34(4-2,33(41)25-16-27(36)21-10-6-8-12-23(21)32(25)43-18-29(39)40)44-30(19)24-15-26(35)20-9-5-7-11-22(20)31(24)42-17-28(37)38/h5-12,15-16H,3-4,13-14,17-18H2,1-2H3,(H,37,38)(H,39,40)/t34-/m0/s1. The second kappa shape index (κ2) is 12.8. The van der Waals surface area contributed by atoms with Crippen molar-refractivity contribution >= 4 is 68.2 Å². The van der Waals surface area contributed by atoms with Crippen LogP contribution in [0.1, 0.15) is 55.5 Å². The Balaban J connectivity index is 1.67. The van der Waals surface area contributed by atoms with Crippen LogP contribution in [-0.2, 0) is 14.3 Å². The Kier molecular flexibility index (Phi) is 9.04. The topological polar surface area (TPSA) is 119 Å².